The zero-order valence-electron chi connectivity index (χ0n) is 15.7. The fraction of sp³-hybridized carbons (Fsp3) is 0.211. The van der Waals surface area contributed by atoms with E-state index in [0.29, 0.717) is 11.4 Å². The molecule has 2 aromatic heterocycles. The first-order chi connectivity index (χ1) is 13.4. The molecule has 0 saturated carbocycles. The van der Waals surface area contributed by atoms with Crippen molar-refractivity contribution >= 4 is 17.4 Å². The molecule has 0 fully saturated rings. The van der Waals surface area contributed by atoms with Crippen LogP contribution in [0, 0.1) is 30.9 Å². The van der Waals surface area contributed by atoms with Gasteiger partial charge in [-0.2, -0.15) is 5.10 Å². The van der Waals surface area contributed by atoms with Gasteiger partial charge in [-0.1, -0.05) is 17.7 Å². The maximum atomic E-state index is 12.3. The Morgan fingerprint density at radius 2 is 1.93 bits per heavy atom. The van der Waals surface area contributed by atoms with E-state index in [1.54, 1.807) is 11.6 Å². The molecule has 0 radical (unpaired) electrons. The molecule has 2 heterocycles. The SMILES string of the molecule is Cc1ccc(-n2nc(C)c(NC(=O)COc3cccnc3[N+](=O)[O-])c2C)cc1. The fourth-order valence-corrected chi connectivity index (χ4v) is 2.71. The standard InChI is InChI=1S/C19H19N5O4/c1-12-6-8-15(9-7-12)23-14(3)18(13(2)22-23)21-17(25)11-28-16-5-4-10-20-19(16)24(26)27/h4-10H,11H2,1-3H3,(H,21,25). The number of nitrogens with zero attached hydrogens (tertiary/aromatic N) is 4. The van der Waals surface area contributed by atoms with E-state index in [0.717, 1.165) is 16.9 Å². The van der Waals surface area contributed by atoms with Crippen LogP contribution in [-0.2, 0) is 4.79 Å². The first-order valence-electron chi connectivity index (χ1n) is 8.52. The van der Waals surface area contributed by atoms with E-state index in [9.17, 15) is 14.9 Å². The highest BCUT2D eigenvalue weighted by Crippen LogP contribution is 2.24. The molecule has 0 atom stereocenters. The number of aromatic nitrogens is 3. The van der Waals surface area contributed by atoms with Crippen LogP contribution in [0.1, 0.15) is 17.0 Å². The van der Waals surface area contributed by atoms with E-state index in [2.05, 4.69) is 15.4 Å². The number of hydrogen-bond donors (Lipinski definition) is 1. The lowest BCUT2D eigenvalue weighted by atomic mass is 10.2. The Hall–Kier alpha value is -3.75. The quantitative estimate of drug-likeness (QED) is 0.519. The van der Waals surface area contributed by atoms with Crippen molar-refractivity contribution in [2.45, 2.75) is 20.8 Å². The summed E-state index contributed by atoms with van der Waals surface area (Å²) in [6.07, 6.45) is 1.29. The number of hydrogen-bond acceptors (Lipinski definition) is 6. The van der Waals surface area contributed by atoms with Crippen molar-refractivity contribution in [1.82, 2.24) is 14.8 Å². The Bertz CT molecular complexity index is 1030. The molecule has 0 aliphatic rings. The van der Waals surface area contributed by atoms with E-state index >= 15 is 0 Å². The summed E-state index contributed by atoms with van der Waals surface area (Å²) in [6, 6.07) is 10.8. The van der Waals surface area contributed by atoms with E-state index < -0.39 is 16.6 Å². The first-order valence-corrected chi connectivity index (χ1v) is 8.52. The Morgan fingerprint density at radius 1 is 1.21 bits per heavy atom. The molecule has 1 N–H and O–H groups in total. The number of nitro groups is 1. The molecule has 0 spiro atoms. The van der Waals surface area contributed by atoms with Crippen molar-refractivity contribution in [2.75, 3.05) is 11.9 Å². The van der Waals surface area contributed by atoms with E-state index in [1.807, 2.05) is 38.1 Å². The Morgan fingerprint density at radius 3 is 2.61 bits per heavy atom. The van der Waals surface area contributed by atoms with Gasteiger partial charge >= 0.3 is 5.82 Å². The van der Waals surface area contributed by atoms with Gasteiger partial charge in [0.1, 0.15) is 6.20 Å². The lowest BCUT2D eigenvalue weighted by Gasteiger charge is -2.08. The van der Waals surface area contributed by atoms with Gasteiger partial charge in [-0.05, 0) is 54.9 Å². The van der Waals surface area contributed by atoms with Crippen molar-refractivity contribution in [1.29, 1.82) is 0 Å². The molecule has 1 aromatic carbocycles. The molecule has 0 aliphatic heterocycles. The predicted octanol–water partition coefficient (Wildman–Crippen LogP) is 3.12. The zero-order chi connectivity index (χ0) is 20.3. The Kier molecular flexibility index (Phi) is 5.35. The topological polar surface area (TPSA) is 112 Å². The number of pyridine rings is 1. The minimum Gasteiger partial charge on any atom is -0.476 e. The third-order valence-corrected chi connectivity index (χ3v) is 4.12. The average Bonchev–Trinajstić information content (AvgIpc) is 2.95. The average molecular weight is 381 g/mol. The zero-order valence-corrected chi connectivity index (χ0v) is 15.7. The largest absolute Gasteiger partial charge is 0.476 e. The number of ether oxygens (including phenoxy) is 1. The smallest absolute Gasteiger partial charge is 0.406 e. The summed E-state index contributed by atoms with van der Waals surface area (Å²) in [5.74, 6) is -0.950. The highest BCUT2D eigenvalue weighted by atomic mass is 16.6. The molecule has 1 amide bonds. The van der Waals surface area contributed by atoms with Gasteiger partial charge in [-0.3, -0.25) is 4.79 Å². The van der Waals surface area contributed by atoms with Crippen LogP contribution in [-0.4, -0.2) is 32.2 Å². The van der Waals surface area contributed by atoms with Gasteiger partial charge in [-0.15, -0.1) is 0 Å². The second kappa shape index (κ2) is 7.87. The number of carbonyl (C=O) groups is 1. The lowest BCUT2D eigenvalue weighted by molar-refractivity contribution is -0.390. The number of benzene rings is 1. The van der Waals surface area contributed by atoms with E-state index in [-0.39, 0.29) is 12.4 Å². The second-order valence-electron chi connectivity index (χ2n) is 6.21. The van der Waals surface area contributed by atoms with Crippen molar-refractivity contribution in [3.63, 3.8) is 0 Å². The van der Waals surface area contributed by atoms with Crippen LogP contribution in [0.5, 0.6) is 5.75 Å². The van der Waals surface area contributed by atoms with Crippen LogP contribution in [0.25, 0.3) is 5.69 Å². The number of carbonyl (C=O) groups excluding carboxylic acids is 1. The fourth-order valence-electron chi connectivity index (χ4n) is 2.71. The first kappa shape index (κ1) is 19.0. The summed E-state index contributed by atoms with van der Waals surface area (Å²) in [7, 11) is 0. The van der Waals surface area contributed by atoms with Gasteiger partial charge in [-0.25, -0.2) is 4.68 Å². The van der Waals surface area contributed by atoms with Crippen LogP contribution in [0.15, 0.2) is 42.6 Å². The minimum atomic E-state index is -0.660. The Labute approximate surface area is 161 Å². The van der Waals surface area contributed by atoms with Gasteiger partial charge in [0, 0.05) is 0 Å². The normalized spacial score (nSPS) is 10.5. The maximum Gasteiger partial charge on any atom is 0.406 e. The van der Waals surface area contributed by atoms with Gasteiger partial charge in [0.15, 0.2) is 6.61 Å². The van der Waals surface area contributed by atoms with Crippen LogP contribution in [0.2, 0.25) is 0 Å². The molecule has 0 saturated heterocycles. The number of rotatable bonds is 6. The summed E-state index contributed by atoms with van der Waals surface area (Å²) in [5, 5.41) is 18.2. The summed E-state index contributed by atoms with van der Waals surface area (Å²) in [4.78, 5) is 26.2. The summed E-state index contributed by atoms with van der Waals surface area (Å²) >= 11 is 0. The van der Waals surface area contributed by atoms with Crippen molar-refractivity contribution in [2.24, 2.45) is 0 Å². The van der Waals surface area contributed by atoms with Crippen molar-refractivity contribution in [3.05, 3.63) is 69.7 Å². The van der Waals surface area contributed by atoms with Gasteiger partial charge in [0.05, 0.1) is 22.8 Å². The van der Waals surface area contributed by atoms with Gasteiger partial charge < -0.3 is 20.2 Å². The van der Waals surface area contributed by atoms with E-state index in [4.69, 9.17) is 4.74 Å². The second-order valence-corrected chi connectivity index (χ2v) is 6.21. The van der Waals surface area contributed by atoms with Crippen LogP contribution in [0.4, 0.5) is 11.5 Å². The lowest BCUT2D eigenvalue weighted by Crippen LogP contribution is -2.21. The predicted molar refractivity (Wildman–Crippen MR) is 103 cm³/mol. The molecule has 3 aromatic rings. The minimum absolute atomic E-state index is 0.0635. The molecule has 9 heteroatoms. The van der Waals surface area contributed by atoms with Crippen LogP contribution >= 0.6 is 0 Å². The number of amides is 1. The molecular formula is C19H19N5O4. The molecule has 0 aliphatic carbocycles. The van der Waals surface area contributed by atoms with Crippen molar-refractivity contribution < 1.29 is 14.5 Å². The summed E-state index contributed by atoms with van der Waals surface area (Å²) in [5.41, 5.74) is 4.02. The molecule has 144 valence electrons. The molecule has 0 unspecified atom stereocenters. The monoisotopic (exact) mass is 381 g/mol. The molecule has 0 bridgehead atoms. The molecule has 9 nitrogen and oxygen atoms in total. The van der Waals surface area contributed by atoms with Crippen LogP contribution in [0.3, 0.4) is 0 Å². The molecular weight excluding hydrogens is 362 g/mol. The number of aryl methyl sites for hydroxylation is 2. The molecule has 3 rings (SSSR count). The summed E-state index contributed by atoms with van der Waals surface area (Å²) in [6.45, 7) is 5.26. The maximum absolute atomic E-state index is 12.3. The number of anilines is 1. The summed E-state index contributed by atoms with van der Waals surface area (Å²) < 4.78 is 7.02. The third kappa shape index (κ3) is 3.98. The van der Waals surface area contributed by atoms with Gasteiger partial charge in [0.25, 0.3) is 5.91 Å². The van der Waals surface area contributed by atoms with Crippen LogP contribution < -0.4 is 10.1 Å². The van der Waals surface area contributed by atoms with E-state index in [1.165, 1.54) is 18.3 Å². The highest BCUT2D eigenvalue weighted by molar-refractivity contribution is 5.93. The molecule has 28 heavy (non-hydrogen) atoms. The van der Waals surface area contributed by atoms with Crippen molar-refractivity contribution in [3.8, 4) is 11.4 Å². The third-order valence-electron chi connectivity index (χ3n) is 4.12. The highest BCUT2D eigenvalue weighted by Gasteiger charge is 2.19. The van der Waals surface area contributed by atoms with Gasteiger partial charge in [0.2, 0.25) is 5.75 Å². The Balaban J connectivity index is 1.73. The number of nitrogens with one attached hydrogen (secondary N) is 1.